The number of hydrogen-bond donors (Lipinski definition) is 1. The summed E-state index contributed by atoms with van der Waals surface area (Å²) in [6, 6.07) is 2.06. The van der Waals surface area contributed by atoms with E-state index in [9.17, 15) is 5.11 Å². The minimum absolute atomic E-state index is 0.540. The summed E-state index contributed by atoms with van der Waals surface area (Å²) in [5.74, 6) is 0.540. The van der Waals surface area contributed by atoms with E-state index >= 15 is 0 Å². The van der Waals surface area contributed by atoms with E-state index in [2.05, 4.69) is 45.8 Å². The van der Waals surface area contributed by atoms with Crippen molar-refractivity contribution in [3.63, 3.8) is 0 Å². The summed E-state index contributed by atoms with van der Waals surface area (Å²) in [5.41, 5.74) is 5.52. The van der Waals surface area contributed by atoms with Crippen molar-refractivity contribution >= 4 is 0 Å². The van der Waals surface area contributed by atoms with Gasteiger partial charge in [-0.2, -0.15) is 0 Å². The molecule has 23 heavy (non-hydrogen) atoms. The van der Waals surface area contributed by atoms with Gasteiger partial charge in [0.25, 0.3) is 0 Å². The summed E-state index contributed by atoms with van der Waals surface area (Å²) >= 11 is 0. The number of hydrogen-bond acceptors (Lipinski definition) is 2. The van der Waals surface area contributed by atoms with E-state index in [0.717, 1.165) is 32.2 Å². The van der Waals surface area contributed by atoms with Gasteiger partial charge in [-0.15, -0.1) is 0 Å². The number of nitrogens with zero attached hydrogens (tertiary/aromatic N) is 1. The highest BCUT2D eigenvalue weighted by Gasteiger charge is 2.17. The first-order valence-electron chi connectivity index (χ1n) is 9.55. The number of phenols is 1. The lowest BCUT2D eigenvalue weighted by Gasteiger charge is -2.23. The maximum atomic E-state index is 10.6. The highest BCUT2D eigenvalue weighted by molar-refractivity contribution is 5.49. The summed E-state index contributed by atoms with van der Waals surface area (Å²) < 4.78 is 0. The molecule has 132 valence electrons. The zero-order valence-electron chi connectivity index (χ0n) is 16.0. The third kappa shape index (κ3) is 6.18. The van der Waals surface area contributed by atoms with Crippen LogP contribution in [0.25, 0.3) is 0 Å². The van der Waals surface area contributed by atoms with Gasteiger partial charge in [-0.3, -0.25) is 0 Å². The van der Waals surface area contributed by atoms with Crippen molar-refractivity contribution in [1.82, 2.24) is 4.90 Å². The molecule has 2 nitrogen and oxygen atoms in total. The molecule has 0 amide bonds. The zero-order chi connectivity index (χ0) is 17.2. The topological polar surface area (TPSA) is 23.5 Å². The lowest BCUT2D eigenvalue weighted by molar-refractivity contribution is 0.397. The number of aromatic hydroxyl groups is 1. The molecule has 0 radical (unpaired) electrons. The Bertz CT molecular complexity index is 465. The molecule has 0 aliphatic carbocycles. The van der Waals surface area contributed by atoms with Crippen molar-refractivity contribution in [2.75, 3.05) is 14.1 Å². The summed E-state index contributed by atoms with van der Waals surface area (Å²) in [6.07, 6.45) is 10.3. The van der Waals surface area contributed by atoms with Gasteiger partial charge in [-0.05, 0) is 80.9 Å². The van der Waals surface area contributed by atoms with Crippen LogP contribution < -0.4 is 0 Å². The third-order valence-electron chi connectivity index (χ3n) is 4.57. The van der Waals surface area contributed by atoms with Gasteiger partial charge in [0.2, 0.25) is 0 Å². The molecule has 0 spiro atoms. The van der Waals surface area contributed by atoms with E-state index in [1.165, 1.54) is 54.4 Å². The molecule has 0 aromatic heterocycles. The highest BCUT2D eigenvalue weighted by Crippen LogP contribution is 2.32. The van der Waals surface area contributed by atoms with Crippen LogP contribution >= 0.6 is 0 Å². The van der Waals surface area contributed by atoms with Crippen LogP contribution in [-0.2, 0) is 25.8 Å². The van der Waals surface area contributed by atoms with Gasteiger partial charge in [-0.25, -0.2) is 0 Å². The molecule has 1 aromatic carbocycles. The molecule has 0 saturated heterocycles. The van der Waals surface area contributed by atoms with Crippen LogP contribution in [-0.4, -0.2) is 24.1 Å². The molecule has 0 heterocycles. The Kier molecular flexibility index (Phi) is 9.31. The molecule has 0 bridgehead atoms. The van der Waals surface area contributed by atoms with Crippen LogP contribution in [0, 0.1) is 0 Å². The molecule has 2 heteroatoms. The zero-order valence-corrected chi connectivity index (χ0v) is 16.0. The second kappa shape index (κ2) is 10.7. The van der Waals surface area contributed by atoms with Gasteiger partial charge < -0.3 is 10.0 Å². The highest BCUT2D eigenvalue weighted by atomic mass is 16.3. The van der Waals surface area contributed by atoms with Crippen molar-refractivity contribution in [2.24, 2.45) is 0 Å². The lowest BCUT2D eigenvalue weighted by atomic mass is 9.87. The molecule has 0 fully saturated rings. The monoisotopic (exact) mass is 319 g/mol. The Balaban J connectivity index is 3.33. The van der Waals surface area contributed by atoms with Crippen LogP contribution in [0.4, 0.5) is 0 Å². The molecule has 0 atom stereocenters. The average molecular weight is 320 g/mol. The van der Waals surface area contributed by atoms with Crippen molar-refractivity contribution in [2.45, 2.75) is 85.1 Å². The molecular formula is C21H37NO. The number of benzene rings is 1. The van der Waals surface area contributed by atoms with E-state index in [-0.39, 0.29) is 0 Å². The first-order valence-corrected chi connectivity index (χ1v) is 9.55. The largest absolute Gasteiger partial charge is 0.508 e. The predicted octanol–water partition coefficient (Wildman–Crippen LogP) is 5.48. The van der Waals surface area contributed by atoms with E-state index in [1.54, 1.807) is 0 Å². The van der Waals surface area contributed by atoms with Crippen molar-refractivity contribution in [1.29, 1.82) is 0 Å². The predicted molar refractivity (Wildman–Crippen MR) is 101 cm³/mol. The SMILES string of the molecule is CCCCc1cc(O)c(CCCC)c(CCCC)c1CN(C)C. The van der Waals surface area contributed by atoms with Crippen LogP contribution in [0.5, 0.6) is 5.75 Å². The summed E-state index contributed by atoms with van der Waals surface area (Å²) in [6.45, 7) is 7.69. The molecule has 0 aliphatic heterocycles. The van der Waals surface area contributed by atoms with Crippen molar-refractivity contribution < 1.29 is 5.11 Å². The summed E-state index contributed by atoms with van der Waals surface area (Å²) in [5, 5.41) is 10.6. The number of rotatable bonds is 11. The number of aryl methyl sites for hydroxylation is 1. The maximum absolute atomic E-state index is 10.6. The van der Waals surface area contributed by atoms with Gasteiger partial charge in [0.05, 0.1) is 0 Å². The van der Waals surface area contributed by atoms with Crippen LogP contribution in [0.3, 0.4) is 0 Å². The Labute approximate surface area is 143 Å². The quantitative estimate of drug-likeness (QED) is 0.583. The normalized spacial score (nSPS) is 11.4. The minimum Gasteiger partial charge on any atom is -0.508 e. The van der Waals surface area contributed by atoms with E-state index in [0.29, 0.717) is 5.75 Å². The Morgan fingerprint density at radius 3 is 1.83 bits per heavy atom. The Morgan fingerprint density at radius 1 is 0.783 bits per heavy atom. The van der Waals surface area contributed by atoms with Gasteiger partial charge in [0.15, 0.2) is 0 Å². The number of unbranched alkanes of at least 4 members (excludes halogenated alkanes) is 3. The molecule has 0 saturated carbocycles. The molecule has 0 aliphatic rings. The fourth-order valence-electron chi connectivity index (χ4n) is 3.26. The first kappa shape index (κ1) is 20.0. The first-order chi connectivity index (χ1) is 11.0. The van der Waals surface area contributed by atoms with Crippen LogP contribution in [0.2, 0.25) is 0 Å². The smallest absolute Gasteiger partial charge is 0.119 e. The summed E-state index contributed by atoms with van der Waals surface area (Å²) in [7, 11) is 4.29. The third-order valence-corrected chi connectivity index (χ3v) is 4.57. The van der Waals surface area contributed by atoms with Gasteiger partial charge in [0, 0.05) is 6.54 Å². The number of phenolic OH excluding ortho intramolecular Hbond substituents is 1. The van der Waals surface area contributed by atoms with Crippen molar-refractivity contribution in [3.8, 4) is 5.75 Å². The average Bonchev–Trinajstić information content (AvgIpc) is 2.51. The Hall–Kier alpha value is -1.02. The van der Waals surface area contributed by atoms with Gasteiger partial charge >= 0.3 is 0 Å². The van der Waals surface area contributed by atoms with Gasteiger partial charge in [0.1, 0.15) is 5.75 Å². The van der Waals surface area contributed by atoms with Crippen LogP contribution in [0.15, 0.2) is 6.07 Å². The molecular weight excluding hydrogens is 282 g/mol. The van der Waals surface area contributed by atoms with Crippen molar-refractivity contribution in [3.05, 3.63) is 28.3 Å². The Morgan fingerprint density at radius 2 is 1.30 bits per heavy atom. The van der Waals surface area contributed by atoms with Gasteiger partial charge in [-0.1, -0.05) is 40.0 Å². The van der Waals surface area contributed by atoms with E-state index < -0.39 is 0 Å². The van der Waals surface area contributed by atoms with Crippen LogP contribution in [0.1, 0.15) is 81.5 Å². The molecule has 1 N–H and O–H groups in total. The molecule has 0 unspecified atom stereocenters. The minimum atomic E-state index is 0.540. The molecule has 1 rings (SSSR count). The standard InChI is InChI=1S/C21H37NO/c1-6-9-12-17-15-21(23)19(14-11-8-3)18(13-10-7-2)20(17)16-22(4)5/h15,23H,6-14,16H2,1-5H3. The maximum Gasteiger partial charge on any atom is 0.119 e. The fourth-order valence-corrected chi connectivity index (χ4v) is 3.26. The second-order valence-corrected chi connectivity index (χ2v) is 7.04. The lowest BCUT2D eigenvalue weighted by Crippen LogP contribution is -2.16. The summed E-state index contributed by atoms with van der Waals surface area (Å²) in [4.78, 5) is 2.26. The van der Waals surface area contributed by atoms with E-state index in [1.807, 2.05) is 0 Å². The second-order valence-electron chi connectivity index (χ2n) is 7.04. The molecule has 1 aromatic rings. The fraction of sp³-hybridized carbons (Fsp3) is 0.714. The van der Waals surface area contributed by atoms with E-state index in [4.69, 9.17) is 0 Å².